The van der Waals surface area contributed by atoms with Crippen LogP contribution < -0.4 is 20.9 Å². The van der Waals surface area contributed by atoms with Crippen LogP contribution in [0.15, 0.2) is 47.5 Å². The number of alkyl halides is 3. The van der Waals surface area contributed by atoms with E-state index in [4.69, 9.17) is 17.0 Å². The van der Waals surface area contributed by atoms with Crippen molar-refractivity contribution in [2.24, 2.45) is 13.0 Å². The molecule has 3 aliphatic heterocycles. The van der Waals surface area contributed by atoms with Crippen molar-refractivity contribution < 1.29 is 27.0 Å². The van der Waals surface area contributed by atoms with E-state index in [-0.39, 0.29) is 41.6 Å². The van der Waals surface area contributed by atoms with Crippen LogP contribution in [0.3, 0.4) is 0 Å². The van der Waals surface area contributed by atoms with E-state index in [1.165, 1.54) is 16.7 Å². The maximum absolute atomic E-state index is 13.8. The molecule has 0 saturated carbocycles. The highest BCUT2D eigenvalue weighted by molar-refractivity contribution is 7.82. The summed E-state index contributed by atoms with van der Waals surface area (Å²) in [6.07, 6.45) is 0.730. The molecule has 4 aromatic rings. The van der Waals surface area contributed by atoms with Gasteiger partial charge in [-0.05, 0) is 98.5 Å². The third-order valence-electron chi connectivity index (χ3n) is 11.3. The summed E-state index contributed by atoms with van der Waals surface area (Å²) in [5.41, 5.74) is 3.54. The Balaban J connectivity index is 0.909. The molecule has 15 nitrogen and oxygen atoms in total. The number of nitrogens with one attached hydrogen (secondary N) is 4. The first-order chi connectivity index (χ1) is 28.6. The van der Waals surface area contributed by atoms with Crippen LogP contribution in [0.5, 0.6) is 0 Å². The highest BCUT2D eigenvalue weighted by Gasteiger charge is 2.31. The zero-order chi connectivity index (χ0) is 42.7. The van der Waals surface area contributed by atoms with Crippen molar-refractivity contribution in [1.29, 1.82) is 10.7 Å². The Kier molecular flexibility index (Phi) is 13.0. The molecular weight excluding hydrogens is 821 g/mol. The lowest BCUT2D eigenvalue weighted by Crippen LogP contribution is -2.49. The van der Waals surface area contributed by atoms with Gasteiger partial charge in [0.1, 0.15) is 28.5 Å². The third-order valence-corrected chi connectivity index (χ3v) is 13.0. The fourth-order valence-corrected chi connectivity index (χ4v) is 9.60. The van der Waals surface area contributed by atoms with Crippen LogP contribution in [0.4, 0.5) is 35.5 Å². The van der Waals surface area contributed by atoms with Gasteiger partial charge in [-0.15, -0.1) is 0 Å². The highest BCUT2D eigenvalue weighted by Crippen LogP contribution is 2.34. The number of nitriles is 1. The van der Waals surface area contributed by atoms with E-state index in [0.717, 1.165) is 48.9 Å². The van der Waals surface area contributed by atoms with Gasteiger partial charge in [0.2, 0.25) is 11.9 Å². The van der Waals surface area contributed by atoms with Crippen LogP contribution in [-0.2, 0) is 29.2 Å². The lowest BCUT2D eigenvalue weighted by molar-refractivity contribution is -0.120. The number of likely N-dealkylation sites (tertiary alicyclic amines) is 1. The minimum atomic E-state index is -4.49. The van der Waals surface area contributed by atoms with Gasteiger partial charge in [-0.3, -0.25) is 25.1 Å². The van der Waals surface area contributed by atoms with Gasteiger partial charge in [0, 0.05) is 57.3 Å². The van der Waals surface area contributed by atoms with Crippen LogP contribution in [-0.4, -0.2) is 108 Å². The SMILES string of the molecule is CC(Cc1cc(S(=O)N2CCC(Nc3ncc(C(=N)Cl)c(NCC(F)(F)F)n3)CC2)ccc1C#N)CN1CCC(c2ccc3c(N4CCC(=O)NC4=O)nn(C)c3c2)CC1. The molecule has 0 bridgehead atoms. The first-order valence-electron chi connectivity index (χ1n) is 19.8. The summed E-state index contributed by atoms with van der Waals surface area (Å²) in [5.74, 6) is 0.782. The first kappa shape index (κ1) is 42.9. The van der Waals surface area contributed by atoms with Crippen LogP contribution in [0.1, 0.15) is 67.2 Å². The van der Waals surface area contributed by atoms with E-state index in [0.29, 0.717) is 61.1 Å². The quantitative estimate of drug-likeness (QED) is 0.118. The molecule has 3 fully saturated rings. The molecule has 2 aromatic heterocycles. The topological polar surface area (TPSA) is 188 Å². The van der Waals surface area contributed by atoms with Gasteiger partial charge in [-0.25, -0.2) is 18.3 Å². The summed E-state index contributed by atoms with van der Waals surface area (Å²) in [6, 6.07) is 13.4. The van der Waals surface area contributed by atoms with Crippen LogP contribution in [0, 0.1) is 22.7 Å². The fraction of sp³-hybridized carbons (Fsp3) is 0.475. The van der Waals surface area contributed by atoms with E-state index in [1.807, 2.05) is 23.5 Å². The maximum atomic E-state index is 13.8. The molecule has 0 aliphatic carbocycles. The molecule has 20 heteroatoms. The van der Waals surface area contributed by atoms with Crippen molar-refractivity contribution >= 4 is 68.2 Å². The Bertz CT molecular complexity index is 2340. The summed E-state index contributed by atoms with van der Waals surface area (Å²) in [4.78, 5) is 37.1. The molecule has 60 heavy (non-hydrogen) atoms. The molecule has 3 aliphatic rings. The number of halogens is 4. The number of nitrogens with zero attached hydrogens (tertiary/aromatic N) is 8. The number of amides is 3. The zero-order valence-electron chi connectivity index (χ0n) is 33.2. The zero-order valence-corrected chi connectivity index (χ0v) is 34.8. The number of hydrogen-bond acceptors (Lipinski definition) is 11. The molecule has 4 N–H and O–H groups in total. The van der Waals surface area contributed by atoms with Gasteiger partial charge in [-0.1, -0.05) is 24.6 Å². The van der Waals surface area contributed by atoms with Crippen molar-refractivity contribution in [2.45, 2.75) is 68.5 Å². The number of carbonyl (C=O) groups excluding carboxylic acids is 2. The minimum absolute atomic E-state index is 0.0471. The molecule has 2 aromatic carbocycles. The van der Waals surface area contributed by atoms with Crippen molar-refractivity contribution in [3.8, 4) is 6.07 Å². The Hall–Kier alpha value is -5.16. The maximum Gasteiger partial charge on any atom is 0.405 e. The van der Waals surface area contributed by atoms with E-state index < -0.39 is 34.9 Å². The molecule has 2 atom stereocenters. The van der Waals surface area contributed by atoms with E-state index >= 15 is 0 Å². The average Bonchev–Trinajstić information content (AvgIpc) is 3.54. The summed E-state index contributed by atoms with van der Waals surface area (Å²) in [7, 11) is 0.393. The molecule has 0 spiro atoms. The summed E-state index contributed by atoms with van der Waals surface area (Å²) in [5, 5.41) is 30.3. The number of fused-ring (bicyclic) bond motifs is 1. The lowest BCUT2D eigenvalue weighted by atomic mass is 9.88. The molecule has 3 amide bonds. The van der Waals surface area contributed by atoms with Gasteiger partial charge in [-0.2, -0.15) is 28.5 Å². The number of benzene rings is 2. The highest BCUT2D eigenvalue weighted by atomic mass is 35.5. The molecule has 0 radical (unpaired) electrons. The normalized spacial score (nSPS) is 18.6. The number of hydrogen-bond donors (Lipinski definition) is 4. The fourth-order valence-electron chi connectivity index (χ4n) is 8.19. The predicted octanol–water partition coefficient (Wildman–Crippen LogP) is 5.88. The number of rotatable bonds is 13. The Morgan fingerprint density at radius 1 is 1.10 bits per heavy atom. The molecule has 2 unspecified atom stereocenters. The van der Waals surface area contributed by atoms with Gasteiger partial charge in [0.05, 0.1) is 27.6 Å². The molecule has 7 rings (SSSR count). The molecule has 318 valence electrons. The molecular formula is C40H46ClF3N12O3S. The van der Waals surface area contributed by atoms with Crippen LogP contribution in [0.25, 0.3) is 10.9 Å². The smallest absolute Gasteiger partial charge is 0.360 e. The minimum Gasteiger partial charge on any atom is -0.360 e. The number of urea groups is 1. The first-order valence-corrected chi connectivity index (χ1v) is 21.3. The van der Waals surface area contributed by atoms with Crippen molar-refractivity contribution in [3.05, 3.63) is 64.8 Å². The standard InChI is InChI=1S/C40H46ClF3N12O3S/c1-24(22-54-12-7-25(8-13-54)26-4-6-31-33(19-26)53(2)52-37(31)56-16-11-34(57)50-39(56)58)17-28-18-30(5-3-27(28)20-45)60(59)55-14-9-29(10-15-55)49-38-47-21-32(35(41)46)36(51-38)48-23-40(42,43)44/h3-6,18-19,21,24-25,29,46H,7-17,22-23H2,1-2H3,(H,50,57,58)(H2,47,48,49,51). The predicted molar refractivity (Wildman–Crippen MR) is 223 cm³/mol. The van der Waals surface area contributed by atoms with Gasteiger partial charge in [0.25, 0.3) is 0 Å². The van der Waals surface area contributed by atoms with Crippen molar-refractivity contribution in [2.75, 3.05) is 61.3 Å². The largest absolute Gasteiger partial charge is 0.405 e. The second kappa shape index (κ2) is 18.2. The number of aryl methyl sites for hydroxylation is 1. The number of imide groups is 1. The number of aromatic nitrogens is 4. The second-order valence-electron chi connectivity index (χ2n) is 15.6. The molecule has 5 heterocycles. The average molecular weight is 867 g/mol. The second-order valence-corrected chi connectivity index (χ2v) is 17.5. The number of piperidine rings is 2. The van der Waals surface area contributed by atoms with E-state index in [2.05, 4.69) is 61.0 Å². The Morgan fingerprint density at radius 3 is 2.53 bits per heavy atom. The van der Waals surface area contributed by atoms with Crippen LogP contribution >= 0.6 is 11.6 Å². The Morgan fingerprint density at radius 2 is 1.85 bits per heavy atom. The summed E-state index contributed by atoms with van der Waals surface area (Å²) < 4.78 is 56.0. The number of anilines is 3. The number of carbonyl (C=O) groups is 2. The van der Waals surface area contributed by atoms with Gasteiger partial charge >= 0.3 is 12.2 Å². The third kappa shape index (κ3) is 10.1. The van der Waals surface area contributed by atoms with Gasteiger partial charge < -0.3 is 15.5 Å². The monoisotopic (exact) mass is 866 g/mol. The summed E-state index contributed by atoms with van der Waals surface area (Å²) in [6.45, 7) is 4.80. The van der Waals surface area contributed by atoms with Crippen molar-refractivity contribution in [3.63, 3.8) is 0 Å². The van der Waals surface area contributed by atoms with E-state index in [1.54, 1.807) is 16.8 Å². The Labute approximate surface area is 352 Å². The summed E-state index contributed by atoms with van der Waals surface area (Å²) >= 11 is 5.74. The van der Waals surface area contributed by atoms with Gasteiger partial charge in [0.15, 0.2) is 5.82 Å². The van der Waals surface area contributed by atoms with E-state index in [9.17, 15) is 32.2 Å². The van der Waals surface area contributed by atoms with Crippen LogP contribution in [0.2, 0.25) is 0 Å². The molecule has 3 saturated heterocycles. The van der Waals surface area contributed by atoms with Crippen molar-refractivity contribution in [1.82, 2.24) is 34.3 Å². The lowest BCUT2D eigenvalue weighted by Gasteiger charge is -2.34.